The van der Waals surface area contributed by atoms with Gasteiger partial charge >= 0.3 is 0 Å². The zero-order valence-electron chi connectivity index (χ0n) is 14.4. The molecule has 6 heteroatoms. The van der Waals surface area contributed by atoms with Crippen LogP contribution in [0, 0.1) is 0 Å². The van der Waals surface area contributed by atoms with Gasteiger partial charge in [0, 0.05) is 38.9 Å². The highest BCUT2D eigenvalue weighted by Crippen LogP contribution is 2.27. The van der Waals surface area contributed by atoms with Gasteiger partial charge in [0.2, 0.25) is 0 Å². The van der Waals surface area contributed by atoms with Gasteiger partial charge in [-0.3, -0.25) is 14.3 Å². The molecule has 1 N–H and O–H groups in total. The highest BCUT2D eigenvalue weighted by molar-refractivity contribution is 5.21. The Morgan fingerprint density at radius 1 is 1.17 bits per heavy atom. The summed E-state index contributed by atoms with van der Waals surface area (Å²) in [4.78, 5) is 2.64. The Morgan fingerprint density at radius 3 is 2.75 bits per heavy atom. The molecule has 1 atom stereocenters. The van der Waals surface area contributed by atoms with E-state index in [0.29, 0.717) is 0 Å². The van der Waals surface area contributed by atoms with Crippen molar-refractivity contribution in [1.29, 1.82) is 0 Å². The molecule has 0 amide bonds. The van der Waals surface area contributed by atoms with Crippen LogP contribution in [0.25, 0.3) is 0 Å². The molecule has 1 saturated carbocycles. The number of hydrogen-bond acceptors (Lipinski definition) is 4. The van der Waals surface area contributed by atoms with Gasteiger partial charge in [-0.2, -0.15) is 10.2 Å². The van der Waals surface area contributed by atoms with Crippen molar-refractivity contribution in [3.8, 4) is 0 Å². The molecule has 1 aliphatic heterocycles. The number of nitrogens with zero attached hydrogens (tertiary/aromatic N) is 5. The van der Waals surface area contributed by atoms with Crippen LogP contribution in [0.3, 0.4) is 0 Å². The van der Waals surface area contributed by atoms with Crippen LogP contribution in [-0.4, -0.2) is 42.2 Å². The number of aliphatic hydroxyl groups excluding tert-OH is 1. The molecular weight excluding hydrogens is 302 g/mol. The van der Waals surface area contributed by atoms with E-state index in [-0.39, 0.29) is 0 Å². The Bertz CT molecular complexity index is 685. The minimum absolute atomic E-state index is 0.708. The molecule has 2 aromatic rings. The van der Waals surface area contributed by atoms with Crippen molar-refractivity contribution < 1.29 is 5.11 Å². The van der Waals surface area contributed by atoms with Crippen LogP contribution >= 0.6 is 0 Å². The molecule has 2 aliphatic rings. The molecule has 1 aliphatic carbocycles. The van der Waals surface area contributed by atoms with E-state index in [1.165, 1.54) is 37.8 Å². The van der Waals surface area contributed by atoms with Gasteiger partial charge in [0.15, 0.2) is 0 Å². The van der Waals surface area contributed by atoms with E-state index in [1.54, 1.807) is 10.9 Å². The highest BCUT2D eigenvalue weighted by atomic mass is 16.3. The summed E-state index contributed by atoms with van der Waals surface area (Å²) in [5.41, 5.74) is 2.75. The van der Waals surface area contributed by atoms with Crippen LogP contribution in [0.2, 0.25) is 0 Å². The molecule has 1 fully saturated rings. The van der Waals surface area contributed by atoms with Crippen LogP contribution in [0.15, 0.2) is 18.3 Å². The molecule has 2 aromatic heterocycles. The number of aliphatic hydroxyl groups is 1. The van der Waals surface area contributed by atoms with Gasteiger partial charge in [-0.25, -0.2) is 0 Å². The monoisotopic (exact) mass is 329 g/mol. The quantitative estimate of drug-likeness (QED) is 0.938. The smallest absolute Gasteiger partial charge is 0.139 e. The SMILES string of the molecule is Cn1nccc1[C@@H](O)c1cc2n(n1)CCCN(C1CCCCC1)C2. The van der Waals surface area contributed by atoms with Crippen molar-refractivity contribution in [3.63, 3.8) is 0 Å². The zero-order valence-corrected chi connectivity index (χ0v) is 14.4. The second-order valence-electron chi connectivity index (χ2n) is 7.18. The summed E-state index contributed by atoms with van der Waals surface area (Å²) in [5.74, 6) is 0. The fraction of sp³-hybridized carbons (Fsp3) is 0.667. The maximum absolute atomic E-state index is 10.6. The van der Waals surface area contributed by atoms with E-state index in [2.05, 4.69) is 25.8 Å². The average Bonchev–Trinajstić information content (AvgIpc) is 3.16. The summed E-state index contributed by atoms with van der Waals surface area (Å²) >= 11 is 0. The summed E-state index contributed by atoms with van der Waals surface area (Å²) in [5, 5.41) is 19.5. The molecular formula is C18H27N5O. The lowest BCUT2D eigenvalue weighted by Gasteiger charge is -2.33. The lowest BCUT2D eigenvalue weighted by atomic mass is 9.94. The first-order valence-corrected chi connectivity index (χ1v) is 9.19. The summed E-state index contributed by atoms with van der Waals surface area (Å²) in [6, 6.07) is 4.66. The van der Waals surface area contributed by atoms with E-state index in [1.807, 2.05) is 13.1 Å². The standard InChI is InChI=1S/C18H27N5O/c1-21-17(8-9-19-21)18(24)16-12-15-13-22(10-5-11-23(15)20-16)14-6-3-2-4-7-14/h8-9,12,14,18,24H,2-7,10-11,13H2,1H3/t18-/m0/s1. The van der Waals surface area contributed by atoms with Crippen molar-refractivity contribution in [3.05, 3.63) is 35.4 Å². The number of aromatic nitrogens is 4. The minimum atomic E-state index is -0.708. The molecule has 0 unspecified atom stereocenters. The van der Waals surface area contributed by atoms with E-state index < -0.39 is 6.10 Å². The molecule has 3 heterocycles. The van der Waals surface area contributed by atoms with Crippen molar-refractivity contribution in [2.75, 3.05) is 6.54 Å². The predicted octanol–water partition coefficient (Wildman–Crippen LogP) is 2.24. The van der Waals surface area contributed by atoms with E-state index in [9.17, 15) is 5.11 Å². The zero-order chi connectivity index (χ0) is 16.5. The van der Waals surface area contributed by atoms with Gasteiger partial charge in [0.05, 0.1) is 17.1 Å². The first-order chi connectivity index (χ1) is 11.7. The van der Waals surface area contributed by atoms with Crippen LogP contribution < -0.4 is 0 Å². The number of hydrogen-bond donors (Lipinski definition) is 1. The average molecular weight is 329 g/mol. The van der Waals surface area contributed by atoms with E-state index in [0.717, 1.165) is 43.5 Å². The fourth-order valence-electron chi connectivity index (χ4n) is 4.20. The first kappa shape index (κ1) is 15.8. The summed E-state index contributed by atoms with van der Waals surface area (Å²) in [6.07, 6.45) is 8.92. The Kier molecular flexibility index (Phi) is 4.41. The normalized spacial score (nSPS) is 21.4. The lowest BCUT2D eigenvalue weighted by Crippen LogP contribution is -2.36. The molecule has 6 nitrogen and oxygen atoms in total. The fourth-order valence-corrected chi connectivity index (χ4v) is 4.20. The molecule has 130 valence electrons. The topological polar surface area (TPSA) is 59.1 Å². The van der Waals surface area contributed by atoms with Crippen LogP contribution in [0.5, 0.6) is 0 Å². The van der Waals surface area contributed by atoms with Gasteiger partial charge in [-0.15, -0.1) is 0 Å². The number of aryl methyl sites for hydroxylation is 2. The lowest BCUT2D eigenvalue weighted by molar-refractivity contribution is 0.150. The molecule has 0 aromatic carbocycles. The Hall–Kier alpha value is -1.66. The van der Waals surface area contributed by atoms with Crippen LogP contribution in [0.1, 0.15) is 61.7 Å². The molecule has 24 heavy (non-hydrogen) atoms. The summed E-state index contributed by atoms with van der Waals surface area (Å²) in [7, 11) is 1.85. The summed E-state index contributed by atoms with van der Waals surface area (Å²) in [6.45, 7) is 3.06. The molecule has 4 rings (SSSR count). The van der Waals surface area contributed by atoms with Crippen molar-refractivity contribution >= 4 is 0 Å². The largest absolute Gasteiger partial charge is 0.380 e. The Balaban J connectivity index is 1.54. The van der Waals surface area contributed by atoms with E-state index >= 15 is 0 Å². The molecule has 0 spiro atoms. The van der Waals surface area contributed by atoms with Crippen molar-refractivity contribution in [2.24, 2.45) is 7.05 Å². The number of fused-ring (bicyclic) bond motifs is 1. The van der Waals surface area contributed by atoms with Gasteiger partial charge in [-0.05, 0) is 31.4 Å². The third-order valence-electron chi connectivity index (χ3n) is 5.57. The minimum Gasteiger partial charge on any atom is -0.380 e. The Morgan fingerprint density at radius 2 is 2.00 bits per heavy atom. The summed E-state index contributed by atoms with van der Waals surface area (Å²) < 4.78 is 3.81. The maximum Gasteiger partial charge on any atom is 0.139 e. The van der Waals surface area contributed by atoms with Crippen molar-refractivity contribution in [2.45, 2.75) is 63.8 Å². The second kappa shape index (κ2) is 6.69. The van der Waals surface area contributed by atoms with Gasteiger partial charge < -0.3 is 5.11 Å². The third kappa shape index (κ3) is 3.00. The van der Waals surface area contributed by atoms with Crippen molar-refractivity contribution in [1.82, 2.24) is 24.5 Å². The van der Waals surface area contributed by atoms with Gasteiger partial charge in [0.25, 0.3) is 0 Å². The predicted molar refractivity (Wildman–Crippen MR) is 91.4 cm³/mol. The highest BCUT2D eigenvalue weighted by Gasteiger charge is 2.26. The third-order valence-corrected chi connectivity index (χ3v) is 5.57. The first-order valence-electron chi connectivity index (χ1n) is 9.19. The molecule has 0 saturated heterocycles. The van der Waals surface area contributed by atoms with Crippen LogP contribution in [0.4, 0.5) is 0 Å². The molecule has 0 bridgehead atoms. The van der Waals surface area contributed by atoms with Gasteiger partial charge in [0.1, 0.15) is 6.10 Å². The molecule has 0 radical (unpaired) electrons. The van der Waals surface area contributed by atoms with Crippen LogP contribution in [-0.2, 0) is 20.1 Å². The number of rotatable bonds is 3. The van der Waals surface area contributed by atoms with E-state index in [4.69, 9.17) is 0 Å². The van der Waals surface area contributed by atoms with Gasteiger partial charge in [-0.1, -0.05) is 19.3 Å². The second-order valence-corrected chi connectivity index (χ2v) is 7.18. The maximum atomic E-state index is 10.6. The Labute approximate surface area is 143 Å².